The highest BCUT2D eigenvalue weighted by Crippen LogP contribution is 2.26. The molecule has 23 heavy (non-hydrogen) atoms. The van der Waals surface area contributed by atoms with Crippen molar-refractivity contribution in [2.45, 2.75) is 13.8 Å². The van der Waals surface area contributed by atoms with E-state index >= 15 is 0 Å². The summed E-state index contributed by atoms with van der Waals surface area (Å²) in [7, 11) is 3.36. The number of hydrogen-bond acceptors (Lipinski definition) is 8. The van der Waals surface area contributed by atoms with Crippen LogP contribution >= 0.6 is 0 Å². The van der Waals surface area contributed by atoms with Crippen molar-refractivity contribution < 1.29 is 4.92 Å². The lowest BCUT2D eigenvalue weighted by molar-refractivity contribution is -0.384. The van der Waals surface area contributed by atoms with Gasteiger partial charge >= 0.3 is 5.69 Å². The first-order valence-electron chi connectivity index (χ1n) is 7.03. The fraction of sp³-hybridized carbons (Fsp3) is 0.571. The van der Waals surface area contributed by atoms with Gasteiger partial charge in [0.1, 0.15) is 6.20 Å². The average molecular weight is 317 g/mol. The monoisotopic (exact) mass is 317 g/mol. The number of hydrogen-bond donors (Lipinski definition) is 0. The molecule has 122 valence electrons. The van der Waals surface area contributed by atoms with Gasteiger partial charge in [-0.3, -0.25) is 10.1 Å². The Bertz CT molecular complexity index is 650. The van der Waals surface area contributed by atoms with Gasteiger partial charge in [-0.25, -0.2) is 4.98 Å². The Kier molecular flexibility index (Phi) is 6.22. The first kappa shape index (κ1) is 18.1. The second kappa shape index (κ2) is 7.90. The van der Waals surface area contributed by atoms with Crippen LogP contribution in [0.2, 0.25) is 0 Å². The molecule has 0 N–H and O–H groups in total. The Balaban J connectivity index is 3.15. The van der Waals surface area contributed by atoms with E-state index in [0.717, 1.165) is 6.20 Å². The van der Waals surface area contributed by atoms with Crippen molar-refractivity contribution in [2.24, 2.45) is 11.8 Å². The first-order chi connectivity index (χ1) is 10.8. The lowest BCUT2D eigenvalue weighted by atomic mass is 10.2. The second-order valence-corrected chi connectivity index (χ2v) is 5.46. The van der Waals surface area contributed by atoms with Crippen LogP contribution in [0, 0.1) is 44.6 Å². The molecule has 1 aromatic heterocycles. The van der Waals surface area contributed by atoms with E-state index in [1.54, 1.807) is 37.7 Å². The Morgan fingerprint density at radius 3 is 2.22 bits per heavy atom. The molecule has 0 aliphatic carbocycles. The highest BCUT2D eigenvalue weighted by atomic mass is 16.6. The van der Waals surface area contributed by atoms with Crippen molar-refractivity contribution in [3.63, 3.8) is 0 Å². The van der Waals surface area contributed by atoms with E-state index < -0.39 is 4.92 Å². The molecular formula is C14H19N7O2. The lowest BCUT2D eigenvalue weighted by Crippen LogP contribution is -2.28. The average Bonchev–Trinajstić information content (AvgIpc) is 2.53. The Labute approximate surface area is 134 Å². The molecule has 0 amide bonds. The third kappa shape index (κ3) is 4.78. The maximum Gasteiger partial charge on any atom is 0.329 e. The molecule has 0 aliphatic heterocycles. The summed E-state index contributed by atoms with van der Waals surface area (Å²) < 4.78 is 0. The summed E-state index contributed by atoms with van der Waals surface area (Å²) in [4.78, 5) is 22.1. The number of nitriles is 2. The summed E-state index contributed by atoms with van der Waals surface area (Å²) in [6, 6.07) is 4.20. The molecule has 1 heterocycles. The SMILES string of the molecule is CC(C#N)CN(C)c1ncc([N+](=O)[O-])c(N(C)CC(C)C#N)n1. The van der Waals surface area contributed by atoms with Crippen molar-refractivity contribution >= 4 is 17.5 Å². The fourth-order valence-electron chi connectivity index (χ4n) is 2.02. The van der Waals surface area contributed by atoms with E-state index in [0.29, 0.717) is 19.0 Å². The molecule has 0 aliphatic rings. The molecular weight excluding hydrogens is 298 g/mol. The van der Waals surface area contributed by atoms with Crippen molar-refractivity contribution in [2.75, 3.05) is 37.0 Å². The molecule has 1 rings (SSSR count). The molecule has 2 unspecified atom stereocenters. The fourth-order valence-corrected chi connectivity index (χ4v) is 2.02. The second-order valence-electron chi connectivity index (χ2n) is 5.46. The summed E-state index contributed by atoms with van der Waals surface area (Å²) in [6.07, 6.45) is 1.15. The van der Waals surface area contributed by atoms with E-state index in [-0.39, 0.29) is 23.3 Å². The Hall–Kier alpha value is -2.94. The summed E-state index contributed by atoms with van der Waals surface area (Å²) >= 11 is 0. The van der Waals surface area contributed by atoms with Crippen molar-refractivity contribution in [3.05, 3.63) is 16.3 Å². The predicted octanol–water partition coefficient (Wildman–Crippen LogP) is 1.58. The van der Waals surface area contributed by atoms with Gasteiger partial charge in [-0.15, -0.1) is 0 Å². The van der Waals surface area contributed by atoms with Crippen molar-refractivity contribution in [1.82, 2.24) is 9.97 Å². The molecule has 0 spiro atoms. The molecule has 1 aromatic rings. The van der Waals surface area contributed by atoms with Crippen LogP contribution in [0.4, 0.5) is 17.5 Å². The standard InChI is InChI=1S/C14H19N7O2/c1-10(5-15)8-19(3)13-12(21(22)23)7-17-14(18-13)20(4)9-11(2)6-16/h7,10-11H,8-9H2,1-4H3. The molecule has 9 heteroatoms. The summed E-state index contributed by atoms with van der Waals surface area (Å²) in [6.45, 7) is 4.22. The smallest absolute Gasteiger partial charge is 0.329 e. The van der Waals surface area contributed by atoms with Crippen LogP contribution in [0.1, 0.15) is 13.8 Å². The van der Waals surface area contributed by atoms with Crippen molar-refractivity contribution in [3.8, 4) is 12.1 Å². The van der Waals surface area contributed by atoms with Crippen LogP contribution in [0.5, 0.6) is 0 Å². The Morgan fingerprint density at radius 2 is 1.74 bits per heavy atom. The molecule has 0 aromatic carbocycles. The third-order valence-electron chi connectivity index (χ3n) is 3.17. The van der Waals surface area contributed by atoms with E-state index in [1.165, 1.54) is 0 Å². The van der Waals surface area contributed by atoms with E-state index in [4.69, 9.17) is 10.5 Å². The largest absolute Gasteiger partial charge is 0.352 e. The van der Waals surface area contributed by atoms with Crippen LogP contribution in [0.25, 0.3) is 0 Å². The van der Waals surface area contributed by atoms with Crippen molar-refractivity contribution in [1.29, 1.82) is 10.5 Å². The van der Waals surface area contributed by atoms with Gasteiger partial charge in [-0.2, -0.15) is 15.5 Å². The summed E-state index contributed by atoms with van der Waals surface area (Å²) in [5.41, 5.74) is -0.219. The predicted molar refractivity (Wildman–Crippen MR) is 84.8 cm³/mol. The van der Waals surface area contributed by atoms with Gasteiger partial charge in [-0.1, -0.05) is 0 Å². The molecule has 0 fully saturated rings. The topological polar surface area (TPSA) is 123 Å². The van der Waals surface area contributed by atoms with Crippen LogP contribution in [-0.4, -0.2) is 42.1 Å². The van der Waals surface area contributed by atoms with Gasteiger partial charge in [0.05, 0.1) is 28.9 Å². The van der Waals surface area contributed by atoms with Crippen LogP contribution in [0.15, 0.2) is 6.20 Å². The van der Waals surface area contributed by atoms with Gasteiger partial charge in [-0.05, 0) is 13.8 Å². The molecule has 0 saturated carbocycles. The van der Waals surface area contributed by atoms with Crippen LogP contribution < -0.4 is 9.80 Å². The molecule has 0 saturated heterocycles. The van der Waals surface area contributed by atoms with Gasteiger partial charge in [0, 0.05) is 27.2 Å². The first-order valence-corrected chi connectivity index (χ1v) is 7.03. The van der Waals surface area contributed by atoms with Gasteiger partial charge in [0.2, 0.25) is 11.8 Å². The molecule has 0 bridgehead atoms. The highest BCUT2D eigenvalue weighted by molar-refractivity contribution is 5.58. The van der Waals surface area contributed by atoms with Gasteiger partial charge in [0.25, 0.3) is 0 Å². The lowest BCUT2D eigenvalue weighted by Gasteiger charge is -2.22. The summed E-state index contributed by atoms with van der Waals surface area (Å²) in [5, 5.41) is 28.9. The highest BCUT2D eigenvalue weighted by Gasteiger charge is 2.23. The number of nitro groups is 1. The number of nitrogens with zero attached hydrogens (tertiary/aromatic N) is 7. The van der Waals surface area contributed by atoms with E-state index in [2.05, 4.69) is 22.1 Å². The minimum Gasteiger partial charge on any atom is -0.352 e. The van der Waals surface area contributed by atoms with E-state index in [9.17, 15) is 10.1 Å². The number of rotatable bonds is 7. The number of aromatic nitrogens is 2. The Morgan fingerprint density at radius 1 is 1.22 bits per heavy atom. The maximum atomic E-state index is 11.2. The third-order valence-corrected chi connectivity index (χ3v) is 3.17. The minimum atomic E-state index is -0.551. The summed E-state index contributed by atoms with van der Waals surface area (Å²) in [5.74, 6) is -0.0735. The normalized spacial score (nSPS) is 12.6. The number of anilines is 2. The zero-order chi connectivity index (χ0) is 17.6. The molecule has 2 atom stereocenters. The maximum absolute atomic E-state index is 11.2. The quantitative estimate of drug-likeness (QED) is 0.548. The zero-order valence-corrected chi connectivity index (χ0v) is 13.6. The van der Waals surface area contributed by atoms with Gasteiger partial charge in [0.15, 0.2) is 0 Å². The van der Waals surface area contributed by atoms with Crippen LogP contribution in [0.3, 0.4) is 0 Å². The minimum absolute atomic E-state index is 0.151. The van der Waals surface area contributed by atoms with Gasteiger partial charge < -0.3 is 9.80 Å². The molecule has 9 nitrogen and oxygen atoms in total. The van der Waals surface area contributed by atoms with E-state index in [1.807, 2.05) is 0 Å². The molecule has 0 radical (unpaired) electrons. The van der Waals surface area contributed by atoms with Crippen LogP contribution in [-0.2, 0) is 0 Å². The zero-order valence-electron chi connectivity index (χ0n) is 13.6.